The molecular formula is C8H12F3NO2. The third-order valence-electron chi connectivity index (χ3n) is 1.42. The first-order valence-corrected chi connectivity index (χ1v) is 4.03. The van der Waals surface area contributed by atoms with Crippen LogP contribution in [0.15, 0.2) is 12.2 Å². The van der Waals surface area contributed by atoms with Gasteiger partial charge in [0, 0.05) is 0 Å². The second kappa shape index (κ2) is 5.64. The standard InChI is InChI=1S/C8H12F3NO2/c1-6(8(9,10)11)7(13)14-5-3-2-4-12/h1-5,12H2. The van der Waals surface area contributed by atoms with Gasteiger partial charge in [-0.2, -0.15) is 13.2 Å². The maximum absolute atomic E-state index is 11.9. The predicted octanol–water partition coefficient (Wildman–Crippen LogP) is 1.39. The van der Waals surface area contributed by atoms with E-state index in [1.807, 2.05) is 0 Å². The quantitative estimate of drug-likeness (QED) is 0.424. The number of unbranched alkanes of at least 4 members (excludes halogenated alkanes) is 1. The highest BCUT2D eigenvalue weighted by Gasteiger charge is 2.37. The molecule has 0 saturated heterocycles. The van der Waals surface area contributed by atoms with Gasteiger partial charge < -0.3 is 10.5 Å². The van der Waals surface area contributed by atoms with Gasteiger partial charge in [0.2, 0.25) is 0 Å². The minimum atomic E-state index is -4.72. The molecule has 82 valence electrons. The predicted molar refractivity (Wildman–Crippen MR) is 44.4 cm³/mol. The Kier molecular flexibility index (Phi) is 5.22. The molecule has 0 radical (unpaired) electrons. The van der Waals surface area contributed by atoms with Crippen LogP contribution in [0, 0.1) is 0 Å². The van der Waals surface area contributed by atoms with Crippen molar-refractivity contribution in [2.24, 2.45) is 5.73 Å². The molecule has 0 aliphatic heterocycles. The first-order chi connectivity index (χ1) is 6.39. The van der Waals surface area contributed by atoms with E-state index in [4.69, 9.17) is 5.73 Å². The number of halogens is 3. The van der Waals surface area contributed by atoms with Crippen LogP contribution in [-0.4, -0.2) is 25.3 Å². The molecule has 0 aromatic carbocycles. The molecule has 0 aromatic heterocycles. The Hall–Kier alpha value is -1.04. The highest BCUT2D eigenvalue weighted by Crippen LogP contribution is 2.24. The second-order valence-electron chi connectivity index (χ2n) is 2.61. The van der Waals surface area contributed by atoms with E-state index >= 15 is 0 Å². The zero-order valence-electron chi connectivity index (χ0n) is 7.56. The SMILES string of the molecule is C=C(C(=O)OCCCCN)C(F)(F)F. The third kappa shape index (κ3) is 4.86. The molecule has 0 heterocycles. The van der Waals surface area contributed by atoms with E-state index < -0.39 is 17.7 Å². The maximum atomic E-state index is 11.9. The Morgan fingerprint density at radius 3 is 2.36 bits per heavy atom. The first-order valence-electron chi connectivity index (χ1n) is 4.03. The van der Waals surface area contributed by atoms with Gasteiger partial charge in [-0.3, -0.25) is 0 Å². The summed E-state index contributed by atoms with van der Waals surface area (Å²) in [5.74, 6) is -1.42. The van der Waals surface area contributed by atoms with Crippen LogP contribution < -0.4 is 5.73 Å². The molecule has 0 amide bonds. The molecule has 0 aromatic rings. The molecule has 3 nitrogen and oxygen atoms in total. The van der Waals surface area contributed by atoms with Crippen LogP contribution >= 0.6 is 0 Å². The number of hydrogen-bond donors (Lipinski definition) is 1. The smallest absolute Gasteiger partial charge is 0.422 e. The summed E-state index contributed by atoms with van der Waals surface area (Å²) in [4.78, 5) is 10.7. The minimum Gasteiger partial charge on any atom is -0.462 e. The number of esters is 1. The summed E-state index contributed by atoms with van der Waals surface area (Å²) >= 11 is 0. The van der Waals surface area contributed by atoms with Gasteiger partial charge in [-0.05, 0) is 19.4 Å². The molecule has 0 atom stereocenters. The van der Waals surface area contributed by atoms with Crippen LogP contribution in [0.2, 0.25) is 0 Å². The van der Waals surface area contributed by atoms with Gasteiger partial charge in [0.1, 0.15) is 5.57 Å². The lowest BCUT2D eigenvalue weighted by Gasteiger charge is -2.09. The Morgan fingerprint density at radius 2 is 1.93 bits per heavy atom. The maximum Gasteiger partial charge on any atom is 0.422 e. The molecule has 0 unspecified atom stereocenters. The van der Waals surface area contributed by atoms with Crippen molar-refractivity contribution in [3.05, 3.63) is 12.2 Å². The lowest BCUT2D eigenvalue weighted by Crippen LogP contribution is -2.21. The van der Waals surface area contributed by atoms with E-state index in [-0.39, 0.29) is 6.61 Å². The lowest BCUT2D eigenvalue weighted by atomic mass is 10.3. The molecule has 0 saturated carbocycles. The van der Waals surface area contributed by atoms with Crippen LogP contribution in [0.3, 0.4) is 0 Å². The van der Waals surface area contributed by atoms with Gasteiger partial charge in [-0.25, -0.2) is 4.79 Å². The van der Waals surface area contributed by atoms with Crippen molar-refractivity contribution in [1.29, 1.82) is 0 Å². The third-order valence-corrected chi connectivity index (χ3v) is 1.42. The zero-order valence-corrected chi connectivity index (χ0v) is 7.56. The minimum absolute atomic E-state index is 0.0644. The summed E-state index contributed by atoms with van der Waals surface area (Å²) in [5.41, 5.74) is 3.66. The summed E-state index contributed by atoms with van der Waals surface area (Å²) in [5, 5.41) is 0. The molecule has 0 aliphatic rings. The molecule has 14 heavy (non-hydrogen) atoms. The van der Waals surface area contributed by atoms with Crippen molar-refractivity contribution < 1.29 is 22.7 Å². The van der Waals surface area contributed by atoms with Gasteiger partial charge in [-0.15, -0.1) is 0 Å². The molecule has 0 spiro atoms. The summed E-state index contributed by atoms with van der Waals surface area (Å²) in [6.45, 7) is 2.95. The molecule has 0 fully saturated rings. The highest BCUT2D eigenvalue weighted by atomic mass is 19.4. The average Bonchev–Trinajstić information content (AvgIpc) is 2.09. The van der Waals surface area contributed by atoms with Crippen molar-refractivity contribution in [2.75, 3.05) is 13.2 Å². The summed E-state index contributed by atoms with van der Waals surface area (Å²) < 4.78 is 39.9. The Labute approximate surface area is 79.7 Å². The zero-order chi connectivity index (χ0) is 11.2. The van der Waals surface area contributed by atoms with E-state index in [2.05, 4.69) is 11.3 Å². The number of nitrogens with two attached hydrogens (primary N) is 1. The Morgan fingerprint density at radius 1 is 1.36 bits per heavy atom. The number of ether oxygens (including phenoxy) is 1. The van der Waals surface area contributed by atoms with E-state index in [9.17, 15) is 18.0 Å². The van der Waals surface area contributed by atoms with Crippen LogP contribution in [0.5, 0.6) is 0 Å². The van der Waals surface area contributed by atoms with Gasteiger partial charge in [-0.1, -0.05) is 6.58 Å². The van der Waals surface area contributed by atoms with Gasteiger partial charge in [0.05, 0.1) is 6.61 Å². The summed E-state index contributed by atoms with van der Waals surface area (Å²) in [7, 11) is 0. The number of rotatable bonds is 5. The largest absolute Gasteiger partial charge is 0.462 e. The summed E-state index contributed by atoms with van der Waals surface area (Å²) in [6, 6.07) is 0. The molecular weight excluding hydrogens is 199 g/mol. The molecule has 0 rings (SSSR count). The van der Waals surface area contributed by atoms with Crippen molar-refractivity contribution in [3.63, 3.8) is 0 Å². The molecule has 6 heteroatoms. The van der Waals surface area contributed by atoms with Crippen LogP contribution in [0.4, 0.5) is 13.2 Å². The van der Waals surface area contributed by atoms with Gasteiger partial charge in [0.15, 0.2) is 0 Å². The average molecular weight is 211 g/mol. The second-order valence-corrected chi connectivity index (χ2v) is 2.61. The van der Waals surface area contributed by atoms with E-state index in [1.165, 1.54) is 0 Å². The van der Waals surface area contributed by atoms with Crippen LogP contribution in [0.25, 0.3) is 0 Å². The van der Waals surface area contributed by atoms with E-state index in [0.717, 1.165) is 0 Å². The first kappa shape index (κ1) is 13.0. The number of alkyl halides is 3. The fraction of sp³-hybridized carbons (Fsp3) is 0.625. The lowest BCUT2D eigenvalue weighted by molar-refractivity contribution is -0.150. The fourth-order valence-electron chi connectivity index (χ4n) is 0.614. The van der Waals surface area contributed by atoms with Crippen LogP contribution in [-0.2, 0) is 9.53 Å². The topological polar surface area (TPSA) is 52.3 Å². The molecule has 0 aliphatic carbocycles. The van der Waals surface area contributed by atoms with Crippen molar-refractivity contribution in [3.8, 4) is 0 Å². The highest BCUT2D eigenvalue weighted by molar-refractivity contribution is 5.89. The molecule has 2 N–H and O–H groups in total. The van der Waals surface area contributed by atoms with E-state index in [1.54, 1.807) is 0 Å². The van der Waals surface area contributed by atoms with Crippen molar-refractivity contribution in [1.82, 2.24) is 0 Å². The summed E-state index contributed by atoms with van der Waals surface area (Å²) in [6.07, 6.45) is -3.66. The number of carbonyl (C=O) groups is 1. The van der Waals surface area contributed by atoms with Gasteiger partial charge in [0.25, 0.3) is 0 Å². The number of hydrogen-bond acceptors (Lipinski definition) is 3. The fourth-order valence-corrected chi connectivity index (χ4v) is 0.614. The number of carbonyl (C=O) groups excluding carboxylic acids is 1. The normalized spacial score (nSPS) is 11.1. The van der Waals surface area contributed by atoms with Crippen molar-refractivity contribution in [2.45, 2.75) is 19.0 Å². The van der Waals surface area contributed by atoms with Crippen LogP contribution in [0.1, 0.15) is 12.8 Å². The van der Waals surface area contributed by atoms with Gasteiger partial charge >= 0.3 is 12.1 Å². The Balaban J connectivity index is 3.81. The monoisotopic (exact) mass is 211 g/mol. The van der Waals surface area contributed by atoms with E-state index in [0.29, 0.717) is 19.4 Å². The van der Waals surface area contributed by atoms with Crippen molar-refractivity contribution >= 4 is 5.97 Å². The Bertz CT molecular complexity index is 213. The molecule has 0 bridgehead atoms.